The van der Waals surface area contributed by atoms with Gasteiger partial charge in [0.2, 0.25) is 0 Å². The van der Waals surface area contributed by atoms with Crippen molar-refractivity contribution in [3.8, 4) is 5.75 Å². The minimum Gasteiger partial charge on any atom is -0.497 e. The second kappa shape index (κ2) is 3.56. The first kappa shape index (κ1) is 8.85. The Hall–Kier alpha value is -0.730. The Labute approximate surface area is 83.2 Å². The van der Waals surface area contributed by atoms with Gasteiger partial charge in [0.1, 0.15) is 5.75 Å². The highest BCUT2D eigenvalue weighted by molar-refractivity contribution is 6.13. The molecule has 0 saturated heterocycles. The van der Waals surface area contributed by atoms with Crippen molar-refractivity contribution in [1.82, 2.24) is 4.42 Å². The maximum absolute atomic E-state index is 5.92. The lowest BCUT2D eigenvalue weighted by molar-refractivity contribution is 0.406. The van der Waals surface area contributed by atoms with Crippen molar-refractivity contribution >= 4 is 11.8 Å². The quantitative estimate of drug-likeness (QED) is 0.641. The van der Waals surface area contributed by atoms with E-state index in [1.807, 2.05) is 10.5 Å². The molecule has 70 valence electrons. The van der Waals surface area contributed by atoms with E-state index >= 15 is 0 Å². The molecule has 1 aromatic carbocycles. The van der Waals surface area contributed by atoms with Gasteiger partial charge in [-0.15, -0.1) is 0 Å². The highest BCUT2D eigenvalue weighted by Crippen LogP contribution is 2.24. The van der Waals surface area contributed by atoms with Crippen molar-refractivity contribution in [1.29, 1.82) is 0 Å². The van der Waals surface area contributed by atoms with Crippen LogP contribution >= 0.6 is 11.8 Å². The van der Waals surface area contributed by atoms with Gasteiger partial charge in [-0.3, -0.25) is 0 Å². The molecule has 0 radical (unpaired) electrons. The van der Waals surface area contributed by atoms with Crippen LogP contribution in [0.25, 0.3) is 0 Å². The van der Waals surface area contributed by atoms with Crippen LogP contribution < -0.4 is 4.74 Å². The lowest BCUT2D eigenvalue weighted by Gasteiger charge is -2.22. The number of benzene rings is 1. The van der Waals surface area contributed by atoms with Gasteiger partial charge in [0.15, 0.2) is 0 Å². The first-order chi connectivity index (χ1) is 6.29. The van der Waals surface area contributed by atoms with Crippen molar-refractivity contribution < 1.29 is 4.74 Å². The van der Waals surface area contributed by atoms with E-state index in [-0.39, 0.29) is 0 Å². The second-order valence-electron chi connectivity index (χ2n) is 3.23. The monoisotopic (exact) mass is 197 g/mol. The van der Waals surface area contributed by atoms with Crippen LogP contribution in [0.3, 0.4) is 0 Å². The maximum atomic E-state index is 5.92. The van der Waals surface area contributed by atoms with E-state index in [1.165, 1.54) is 11.1 Å². The summed E-state index contributed by atoms with van der Waals surface area (Å²) in [5, 5.41) is 0. The van der Waals surface area contributed by atoms with E-state index < -0.39 is 0 Å². The minimum absolute atomic E-state index is 0.834. The molecule has 1 aliphatic heterocycles. The summed E-state index contributed by atoms with van der Waals surface area (Å²) in [5.74, 6) is 0.932. The number of nitrogens with zero attached hydrogens (tertiary/aromatic N) is 1. The number of halogens is 1. The van der Waals surface area contributed by atoms with Crippen LogP contribution in [0.2, 0.25) is 0 Å². The van der Waals surface area contributed by atoms with Gasteiger partial charge in [-0.25, -0.2) is 4.42 Å². The molecular formula is C10H12ClNO. The Morgan fingerprint density at radius 2 is 2.23 bits per heavy atom. The highest BCUT2D eigenvalue weighted by Gasteiger charge is 2.14. The number of hydrogen-bond donors (Lipinski definition) is 0. The van der Waals surface area contributed by atoms with Gasteiger partial charge in [-0.2, -0.15) is 0 Å². The third-order valence-electron chi connectivity index (χ3n) is 2.38. The molecule has 2 nitrogen and oxygen atoms in total. The molecule has 0 atom stereocenters. The highest BCUT2D eigenvalue weighted by atomic mass is 35.5. The molecule has 1 heterocycles. The Morgan fingerprint density at radius 1 is 1.38 bits per heavy atom. The van der Waals surface area contributed by atoms with Gasteiger partial charge in [0.05, 0.1) is 7.11 Å². The van der Waals surface area contributed by atoms with Gasteiger partial charge in [-0.1, -0.05) is 6.07 Å². The van der Waals surface area contributed by atoms with Crippen molar-refractivity contribution in [2.45, 2.75) is 13.0 Å². The fourth-order valence-corrected chi connectivity index (χ4v) is 1.84. The zero-order valence-corrected chi connectivity index (χ0v) is 8.34. The van der Waals surface area contributed by atoms with Crippen molar-refractivity contribution in [2.24, 2.45) is 0 Å². The van der Waals surface area contributed by atoms with Crippen LogP contribution in [0.5, 0.6) is 5.75 Å². The van der Waals surface area contributed by atoms with Gasteiger partial charge in [0, 0.05) is 13.1 Å². The Kier molecular flexibility index (Phi) is 2.42. The normalized spacial score (nSPS) is 16.8. The van der Waals surface area contributed by atoms with Crippen LogP contribution in [0.4, 0.5) is 0 Å². The molecule has 0 amide bonds. The largest absolute Gasteiger partial charge is 0.497 e. The van der Waals surface area contributed by atoms with Crippen molar-refractivity contribution in [3.63, 3.8) is 0 Å². The molecule has 2 rings (SSSR count). The third-order valence-corrected chi connectivity index (χ3v) is 2.67. The topological polar surface area (TPSA) is 12.5 Å². The standard InChI is InChI=1S/C10H12ClNO/c1-13-10-3-2-9-7-12(11)5-4-8(9)6-10/h2-3,6H,4-5,7H2,1H3. The fourth-order valence-electron chi connectivity index (χ4n) is 1.62. The van der Waals surface area contributed by atoms with E-state index in [0.29, 0.717) is 0 Å². The van der Waals surface area contributed by atoms with Crippen LogP contribution in [-0.2, 0) is 13.0 Å². The number of rotatable bonds is 1. The zero-order chi connectivity index (χ0) is 9.26. The predicted octanol–water partition coefficient (Wildman–Crippen LogP) is 2.21. The molecule has 0 aromatic heterocycles. The van der Waals surface area contributed by atoms with E-state index in [4.69, 9.17) is 16.5 Å². The summed E-state index contributed by atoms with van der Waals surface area (Å²) in [6.45, 7) is 1.75. The van der Waals surface area contributed by atoms with Crippen LogP contribution in [0, 0.1) is 0 Å². The van der Waals surface area contributed by atoms with E-state index in [1.54, 1.807) is 7.11 Å². The number of ether oxygens (including phenoxy) is 1. The molecule has 0 spiro atoms. The lowest BCUT2D eigenvalue weighted by atomic mass is 10.0. The molecule has 1 aromatic rings. The van der Waals surface area contributed by atoms with Crippen molar-refractivity contribution in [2.75, 3.05) is 13.7 Å². The molecule has 1 aliphatic rings. The molecular weight excluding hydrogens is 186 g/mol. The molecule has 0 unspecified atom stereocenters. The first-order valence-electron chi connectivity index (χ1n) is 4.36. The molecule has 0 fully saturated rings. The SMILES string of the molecule is COc1ccc2c(c1)CCN(Cl)C2. The lowest BCUT2D eigenvalue weighted by Crippen LogP contribution is -2.21. The first-order valence-corrected chi connectivity index (χ1v) is 4.70. The summed E-state index contributed by atoms with van der Waals surface area (Å²) < 4.78 is 6.97. The van der Waals surface area contributed by atoms with Crippen molar-refractivity contribution in [3.05, 3.63) is 29.3 Å². The van der Waals surface area contributed by atoms with Crippen LogP contribution in [-0.4, -0.2) is 18.1 Å². The number of methoxy groups -OCH3 is 1. The van der Waals surface area contributed by atoms with Gasteiger partial charge in [0.25, 0.3) is 0 Å². The fraction of sp³-hybridized carbons (Fsp3) is 0.400. The summed E-state index contributed by atoms with van der Waals surface area (Å²) in [7, 11) is 1.69. The van der Waals surface area contributed by atoms with E-state index in [0.717, 1.165) is 25.3 Å². The predicted molar refractivity (Wildman–Crippen MR) is 53.0 cm³/mol. The Balaban J connectivity index is 2.31. The molecule has 13 heavy (non-hydrogen) atoms. The molecule has 0 aliphatic carbocycles. The van der Waals surface area contributed by atoms with Crippen LogP contribution in [0.1, 0.15) is 11.1 Å². The summed E-state index contributed by atoms with van der Waals surface area (Å²) >= 11 is 5.92. The minimum atomic E-state index is 0.834. The van der Waals surface area contributed by atoms with Gasteiger partial charge in [-0.05, 0) is 41.5 Å². The third kappa shape index (κ3) is 1.79. The smallest absolute Gasteiger partial charge is 0.119 e. The zero-order valence-electron chi connectivity index (χ0n) is 7.59. The van der Waals surface area contributed by atoms with E-state index in [2.05, 4.69) is 12.1 Å². The molecule has 3 heteroatoms. The number of fused-ring (bicyclic) bond motifs is 1. The summed E-state index contributed by atoms with van der Waals surface area (Å²) in [6.07, 6.45) is 1.01. The molecule has 0 bridgehead atoms. The second-order valence-corrected chi connectivity index (χ2v) is 3.71. The summed E-state index contributed by atoms with van der Waals surface area (Å²) in [6, 6.07) is 6.16. The molecule has 0 N–H and O–H groups in total. The summed E-state index contributed by atoms with van der Waals surface area (Å²) in [4.78, 5) is 0. The maximum Gasteiger partial charge on any atom is 0.119 e. The Morgan fingerprint density at radius 3 is 3.00 bits per heavy atom. The van der Waals surface area contributed by atoms with Gasteiger partial charge < -0.3 is 4.74 Å². The summed E-state index contributed by atoms with van der Waals surface area (Å²) in [5.41, 5.74) is 2.67. The Bertz CT molecular complexity index is 314. The number of hydrogen-bond acceptors (Lipinski definition) is 2. The molecule has 0 saturated carbocycles. The van der Waals surface area contributed by atoms with Gasteiger partial charge >= 0.3 is 0 Å². The van der Waals surface area contributed by atoms with E-state index in [9.17, 15) is 0 Å². The average Bonchev–Trinajstić information content (AvgIpc) is 2.17. The average molecular weight is 198 g/mol. The van der Waals surface area contributed by atoms with Crippen LogP contribution in [0.15, 0.2) is 18.2 Å².